The first kappa shape index (κ1) is 15.8. The van der Waals surface area contributed by atoms with Gasteiger partial charge >= 0.3 is 0 Å². The van der Waals surface area contributed by atoms with Crippen LogP contribution in [0.25, 0.3) is 0 Å². The van der Waals surface area contributed by atoms with Gasteiger partial charge < -0.3 is 16.0 Å². The Kier molecular flexibility index (Phi) is 5.85. The first-order chi connectivity index (χ1) is 9.58. The maximum absolute atomic E-state index is 12.0. The number of hydrogen-bond donors (Lipinski definition) is 2. The van der Waals surface area contributed by atoms with Gasteiger partial charge in [0.1, 0.15) is 0 Å². The number of amides is 1. The van der Waals surface area contributed by atoms with Gasteiger partial charge in [-0.25, -0.2) is 0 Å². The van der Waals surface area contributed by atoms with Crippen LogP contribution in [0.5, 0.6) is 0 Å². The Balaban J connectivity index is 1.62. The summed E-state index contributed by atoms with van der Waals surface area (Å²) in [7, 11) is 0. The number of carbonyl (C=O) groups excluding carboxylic acids is 1. The minimum absolute atomic E-state index is 0.186. The van der Waals surface area contributed by atoms with E-state index in [2.05, 4.69) is 24.1 Å². The molecule has 1 aliphatic heterocycles. The largest absolute Gasteiger partial charge is 0.356 e. The SMILES string of the molecule is CC(C)CC(CN)CC(=O)NCC1CCN(C2CC2)C1. The average Bonchev–Trinajstić information content (AvgIpc) is 3.14. The molecule has 2 fully saturated rings. The van der Waals surface area contributed by atoms with Crippen molar-refractivity contribution in [2.45, 2.75) is 52.0 Å². The predicted octanol–water partition coefficient (Wildman–Crippen LogP) is 1.60. The highest BCUT2D eigenvalue weighted by molar-refractivity contribution is 5.76. The van der Waals surface area contributed by atoms with E-state index in [1.54, 1.807) is 0 Å². The summed E-state index contributed by atoms with van der Waals surface area (Å²) in [6, 6.07) is 0.864. The van der Waals surface area contributed by atoms with Crippen LogP contribution < -0.4 is 11.1 Å². The number of carbonyl (C=O) groups is 1. The molecule has 2 rings (SSSR count). The summed E-state index contributed by atoms with van der Waals surface area (Å²) >= 11 is 0. The molecule has 1 heterocycles. The highest BCUT2D eigenvalue weighted by Crippen LogP contribution is 2.31. The van der Waals surface area contributed by atoms with E-state index in [0.29, 0.717) is 30.7 Å². The monoisotopic (exact) mass is 281 g/mol. The van der Waals surface area contributed by atoms with E-state index in [0.717, 1.165) is 19.0 Å². The number of hydrogen-bond acceptors (Lipinski definition) is 3. The first-order valence-corrected chi connectivity index (χ1v) is 8.29. The predicted molar refractivity (Wildman–Crippen MR) is 82.3 cm³/mol. The molecule has 20 heavy (non-hydrogen) atoms. The standard InChI is InChI=1S/C16H31N3O/c1-12(2)7-14(9-17)8-16(20)18-10-13-5-6-19(11-13)15-3-4-15/h12-15H,3-11,17H2,1-2H3,(H,18,20). The maximum atomic E-state index is 12.0. The van der Waals surface area contributed by atoms with Crippen molar-refractivity contribution in [1.82, 2.24) is 10.2 Å². The Morgan fingerprint density at radius 2 is 2.10 bits per heavy atom. The number of nitrogens with zero attached hydrogens (tertiary/aromatic N) is 1. The second-order valence-corrected chi connectivity index (χ2v) is 7.12. The van der Waals surface area contributed by atoms with Crippen LogP contribution in [0.4, 0.5) is 0 Å². The van der Waals surface area contributed by atoms with Crippen LogP contribution in [0, 0.1) is 17.8 Å². The fraction of sp³-hybridized carbons (Fsp3) is 0.938. The van der Waals surface area contributed by atoms with E-state index in [9.17, 15) is 4.79 Å². The summed E-state index contributed by atoms with van der Waals surface area (Å²) in [4.78, 5) is 14.6. The van der Waals surface area contributed by atoms with Crippen molar-refractivity contribution >= 4 is 5.91 Å². The van der Waals surface area contributed by atoms with Crippen molar-refractivity contribution < 1.29 is 4.79 Å². The Morgan fingerprint density at radius 1 is 1.35 bits per heavy atom. The lowest BCUT2D eigenvalue weighted by Crippen LogP contribution is -2.33. The number of likely N-dealkylation sites (tertiary alicyclic amines) is 1. The summed E-state index contributed by atoms with van der Waals surface area (Å²) in [5.41, 5.74) is 5.76. The fourth-order valence-electron chi connectivity index (χ4n) is 3.32. The number of nitrogens with two attached hydrogens (primary N) is 1. The summed E-state index contributed by atoms with van der Waals surface area (Å²) in [5, 5.41) is 3.12. The van der Waals surface area contributed by atoms with Crippen molar-refractivity contribution in [3.05, 3.63) is 0 Å². The van der Waals surface area contributed by atoms with E-state index in [1.165, 1.54) is 32.4 Å². The molecule has 1 aliphatic carbocycles. The summed E-state index contributed by atoms with van der Waals surface area (Å²) in [6.45, 7) is 8.24. The summed E-state index contributed by atoms with van der Waals surface area (Å²) < 4.78 is 0. The average molecular weight is 281 g/mol. The Hall–Kier alpha value is -0.610. The van der Waals surface area contributed by atoms with Gasteiger partial charge in [0.05, 0.1) is 0 Å². The van der Waals surface area contributed by atoms with Gasteiger partial charge in [-0.05, 0) is 56.5 Å². The zero-order valence-corrected chi connectivity index (χ0v) is 13.1. The molecule has 0 aromatic carbocycles. The lowest BCUT2D eigenvalue weighted by molar-refractivity contribution is -0.122. The van der Waals surface area contributed by atoms with Gasteiger partial charge in [0.15, 0.2) is 0 Å². The molecule has 2 unspecified atom stereocenters. The van der Waals surface area contributed by atoms with E-state index < -0.39 is 0 Å². The quantitative estimate of drug-likeness (QED) is 0.710. The van der Waals surface area contributed by atoms with E-state index in [1.807, 2.05) is 0 Å². The molecule has 0 aromatic rings. The molecule has 1 saturated heterocycles. The van der Waals surface area contributed by atoms with E-state index in [-0.39, 0.29) is 5.91 Å². The second-order valence-electron chi connectivity index (χ2n) is 7.12. The van der Waals surface area contributed by atoms with Gasteiger partial charge in [0.25, 0.3) is 0 Å². The van der Waals surface area contributed by atoms with Crippen LogP contribution in [-0.2, 0) is 4.79 Å². The molecule has 4 heteroatoms. The third-order valence-electron chi connectivity index (χ3n) is 4.58. The molecule has 1 amide bonds. The highest BCUT2D eigenvalue weighted by atomic mass is 16.1. The third-order valence-corrected chi connectivity index (χ3v) is 4.58. The molecule has 2 atom stereocenters. The van der Waals surface area contributed by atoms with E-state index >= 15 is 0 Å². The van der Waals surface area contributed by atoms with Crippen molar-refractivity contribution in [3.8, 4) is 0 Å². The Labute approximate surface area is 123 Å². The smallest absolute Gasteiger partial charge is 0.220 e. The molecule has 3 N–H and O–H groups in total. The summed E-state index contributed by atoms with van der Waals surface area (Å²) in [5.74, 6) is 1.78. The van der Waals surface area contributed by atoms with Crippen molar-refractivity contribution in [1.29, 1.82) is 0 Å². The van der Waals surface area contributed by atoms with Crippen molar-refractivity contribution in [2.75, 3.05) is 26.2 Å². The van der Waals surface area contributed by atoms with Gasteiger partial charge in [-0.2, -0.15) is 0 Å². The zero-order valence-electron chi connectivity index (χ0n) is 13.1. The molecule has 1 saturated carbocycles. The molecule has 0 spiro atoms. The van der Waals surface area contributed by atoms with Gasteiger partial charge in [0, 0.05) is 25.6 Å². The number of nitrogens with one attached hydrogen (secondary N) is 1. The first-order valence-electron chi connectivity index (χ1n) is 8.29. The van der Waals surface area contributed by atoms with Gasteiger partial charge in [-0.1, -0.05) is 13.8 Å². The molecule has 4 nitrogen and oxygen atoms in total. The Morgan fingerprint density at radius 3 is 2.70 bits per heavy atom. The maximum Gasteiger partial charge on any atom is 0.220 e. The molecule has 0 radical (unpaired) electrons. The van der Waals surface area contributed by atoms with Gasteiger partial charge in [0.2, 0.25) is 5.91 Å². The zero-order chi connectivity index (χ0) is 14.5. The van der Waals surface area contributed by atoms with Gasteiger partial charge in [-0.3, -0.25) is 4.79 Å². The fourth-order valence-corrected chi connectivity index (χ4v) is 3.32. The topological polar surface area (TPSA) is 58.4 Å². The van der Waals surface area contributed by atoms with Crippen LogP contribution in [0.15, 0.2) is 0 Å². The molecular formula is C16H31N3O. The molecule has 116 valence electrons. The van der Waals surface area contributed by atoms with Crippen LogP contribution >= 0.6 is 0 Å². The molecule has 0 bridgehead atoms. The minimum atomic E-state index is 0.186. The highest BCUT2D eigenvalue weighted by Gasteiger charge is 2.34. The summed E-state index contributed by atoms with van der Waals surface area (Å²) in [6.07, 6.45) is 5.64. The lowest BCUT2D eigenvalue weighted by atomic mass is 9.94. The molecule has 0 aromatic heterocycles. The van der Waals surface area contributed by atoms with Crippen LogP contribution in [0.2, 0.25) is 0 Å². The van der Waals surface area contributed by atoms with Gasteiger partial charge in [-0.15, -0.1) is 0 Å². The van der Waals surface area contributed by atoms with Crippen LogP contribution in [0.3, 0.4) is 0 Å². The van der Waals surface area contributed by atoms with Crippen molar-refractivity contribution in [2.24, 2.45) is 23.5 Å². The second kappa shape index (κ2) is 7.41. The van der Waals surface area contributed by atoms with Crippen LogP contribution in [0.1, 0.15) is 46.0 Å². The van der Waals surface area contributed by atoms with Crippen LogP contribution in [-0.4, -0.2) is 43.0 Å². The Bertz CT molecular complexity index is 315. The third kappa shape index (κ3) is 5.06. The lowest BCUT2D eigenvalue weighted by Gasteiger charge is -2.18. The molecule has 2 aliphatic rings. The molecular weight excluding hydrogens is 250 g/mol. The van der Waals surface area contributed by atoms with E-state index in [4.69, 9.17) is 5.73 Å². The minimum Gasteiger partial charge on any atom is -0.356 e. The number of rotatable bonds is 8. The normalized spacial score (nSPS) is 25.1. The van der Waals surface area contributed by atoms with Crippen molar-refractivity contribution in [3.63, 3.8) is 0 Å².